The summed E-state index contributed by atoms with van der Waals surface area (Å²) in [5, 5.41) is 0.278. The smallest absolute Gasteiger partial charge is 0.355 e. The Labute approximate surface area is 115 Å². The van der Waals surface area contributed by atoms with Gasteiger partial charge in [0.25, 0.3) is 0 Å². The molecule has 0 atom stereocenters. The summed E-state index contributed by atoms with van der Waals surface area (Å²) < 4.78 is 75.0. The highest BCUT2D eigenvalue weighted by Gasteiger charge is 2.48. The normalized spacial score (nSPS) is 12.7. The molecular weight excluding hydrogens is 326 g/mol. The van der Waals surface area contributed by atoms with Gasteiger partial charge >= 0.3 is 15.6 Å². The third-order valence-corrected chi connectivity index (χ3v) is 3.47. The fourth-order valence-corrected chi connectivity index (χ4v) is 2.04. The summed E-state index contributed by atoms with van der Waals surface area (Å²) in [6.07, 6.45) is 0.984. The number of benzene rings is 1. The molecule has 2 aromatic rings. The largest absolute Gasteiger partial charge is 0.534 e. The lowest BCUT2D eigenvalue weighted by atomic mass is 10.2. The van der Waals surface area contributed by atoms with E-state index in [1.165, 1.54) is 0 Å². The second-order valence-electron chi connectivity index (χ2n) is 3.61. The molecule has 0 radical (unpaired) electrons. The van der Waals surface area contributed by atoms with Crippen molar-refractivity contribution in [3.63, 3.8) is 0 Å². The van der Waals surface area contributed by atoms with Crippen molar-refractivity contribution in [2.45, 2.75) is 5.51 Å². The number of fused-ring (bicyclic) bond motifs is 1. The summed E-state index contributed by atoms with van der Waals surface area (Å²) in [5.74, 6) is -1.57. The van der Waals surface area contributed by atoms with Crippen LogP contribution in [-0.4, -0.2) is 18.9 Å². The maximum atomic E-state index is 13.1. The first-order valence-electron chi connectivity index (χ1n) is 4.86. The Bertz CT molecular complexity index is 776. The van der Waals surface area contributed by atoms with Crippen LogP contribution in [0.3, 0.4) is 0 Å². The van der Waals surface area contributed by atoms with Crippen molar-refractivity contribution in [1.82, 2.24) is 4.98 Å². The van der Waals surface area contributed by atoms with Gasteiger partial charge in [0.05, 0.1) is 5.02 Å². The zero-order chi connectivity index (χ0) is 15.1. The van der Waals surface area contributed by atoms with Crippen molar-refractivity contribution in [2.24, 2.45) is 0 Å². The molecule has 108 valence electrons. The first-order chi connectivity index (χ1) is 9.10. The number of hydrogen-bond donors (Lipinski definition) is 0. The number of rotatable bonds is 2. The molecule has 0 aliphatic carbocycles. The monoisotopic (exact) mass is 329 g/mol. The van der Waals surface area contributed by atoms with E-state index in [4.69, 9.17) is 11.6 Å². The molecule has 1 heterocycles. The average Bonchev–Trinajstić information content (AvgIpc) is 2.25. The van der Waals surface area contributed by atoms with Gasteiger partial charge in [-0.05, 0) is 17.5 Å². The van der Waals surface area contributed by atoms with Gasteiger partial charge in [0.1, 0.15) is 5.82 Å². The van der Waals surface area contributed by atoms with Crippen LogP contribution in [0.25, 0.3) is 10.8 Å². The van der Waals surface area contributed by atoms with Gasteiger partial charge in [-0.3, -0.25) is 0 Å². The number of alkyl halides is 3. The van der Waals surface area contributed by atoms with Crippen LogP contribution in [0, 0.1) is 5.82 Å². The van der Waals surface area contributed by atoms with E-state index in [1.54, 1.807) is 0 Å². The first kappa shape index (κ1) is 14.8. The minimum Gasteiger partial charge on any atom is -0.355 e. The van der Waals surface area contributed by atoms with Crippen LogP contribution in [0.2, 0.25) is 5.02 Å². The van der Waals surface area contributed by atoms with E-state index in [1.807, 2.05) is 0 Å². The molecule has 20 heavy (non-hydrogen) atoms. The van der Waals surface area contributed by atoms with Crippen LogP contribution in [0.4, 0.5) is 17.6 Å². The third kappa shape index (κ3) is 2.78. The molecule has 0 fully saturated rings. The van der Waals surface area contributed by atoms with Gasteiger partial charge in [0.15, 0.2) is 0 Å². The van der Waals surface area contributed by atoms with Gasteiger partial charge < -0.3 is 4.18 Å². The van der Waals surface area contributed by atoms with E-state index in [0.717, 1.165) is 24.4 Å². The SMILES string of the molecule is O=S(=O)(Oc1cc2cc(F)cc(Cl)c2cn1)C(F)(F)F. The predicted octanol–water partition coefficient (Wildman–Crippen LogP) is 3.26. The zero-order valence-electron chi connectivity index (χ0n) is 9.28. The fraction of sp³-hybridized carbons (Fsp3) is 0.100. The summed E-state index contributed by atoms with van der Waals surface area (Å²) in [7, 11) is -5.83. The Balaban J connectivity index is 2.48. The van der Waals surface area contributed by atoms with Crippen LogP contribution < -0.4 is 4.18 Å². The van der Waals surface area contributed by atoms with E-state index < -0.39 is 27.3 Å². The van der Waals surface area contributed by atoms with Crippen molar-refractivity contribution in [3.05, 3.63) is 35.2 Å². The van der Waals surface area contributed by atoms with Gasteiger partial charge in [-0.1, -0.05) is 11.6 Å². The highest BCUT2D eigenvalue weighted by atomic mass is 35.5. The molecule has 2 rings (SSSR count). The number of hydrogen-bond acceptors (Lipinski definition) is 4. The summed E-state index contributed by atoms with van der Waals surface area (Å²) in [4.78, 5) is 3.39. The number of aromatic nitrogens is 1. The Morgan fingerprint density at radius 2 is 1.85 bits per heavy atom. The van der Waals surface area contributed by atoms with Crippen LogP contribution in [0.5, 0.6) is 5.88 Å². The molecule has 0 saturated carbocycles. The minimum atomic E-state index is -5.83. The molecule has 0 saturated heterocycles. The standard InChI is InChI=1S/C10H4ClF4NO3S/c11-8-3-6(12)1-5-2-9(16-4-7(5)8)19-20(17,18)10(13,14)15/h1-4H. The van der Waals surface area contributed by atoms with Crippen LogP contribution in [-0.2, 0) is 10.1 Å². The molecule has 10 heteroatoms. The van der Waals surface area contributed by atoms with E-state index in [-0.39, 0.29) is 15.8 Å². The van der Waals surface area contributed by atoms with E-state index in [9.17, 15) is 26.0 Å². The lowest BCUT2D eigenvalue weighted by Crippen LogP contribution is -2.28. The zero-order valence-corrected chi connectivity index (χ0v) is 10.9. The Kier molecular flexibility index (Phi) is 3.51. The lowest BCUT2D eigenvalue weighted by Gasteiger charge is -2.09. The third-order valence-electron chi connectivity index (χ3n) is 2.20. The molecule has 1 aromatic carbocycles. The summed E-state index contributed by atoms with van der Waals surface area (Å²) in [6, 6.07) is 2.78. The molecule has 0 aliphatic heterocycles. The molecule has 0 aliphatic rings. The van der Waals surface area contributed by atoms with E-state index in [2.05, 4.69) is 9.17 Å². The quantitative estimate of drug-likeness (QED) is 0.482. The Hall–Kier alpha value is -1.61. The number of nitrogens with zero attached hydrogens (tertiary/aromatic N) is 1. The van der Waals surface area contributed by atoms with Crippen LogP contribution in [0.15, 0.2) is 24.4 Å². The van der Waals surface area contributed by atoms with Gasteiger partial charge in [-0.15, -0.1) is 0 Å². The van der Waals surface area contributed by atoms with E-state index in [0.29, 0.717) is 0 Å². The van der Waals surface area contributed by atoms with Crippen molar-refractivity contribution < 1.29 is 30.2 Å². The van der Waals surface area contributed by atoms with Crippen LogP contribution in [0.1, 0.15) is 0 Å². The van der Waals surface area contributed by atoms with Crippen molar-refractivity contribution in [2.75, 3.05) is 0 Å². The fourth-order valence-electron chi connectivity index (χ4n) is 1.36. The molecule has 0 N–H and O–H groups in total. The molecule has 1 aromatic heterocycles. The Morgan fingerprint density at radius 1 is 1.20 bits per heavy atom. The number of halogens is 5. The predicted molar refractivity (Wildman–Crippen MR) is 62.3 cm³/mol. The molecule has 4 nitrogen and oxygen atoms in total. The molecule has 0 bridgehead atoms. The van der Waals surface area contributed by atoms with Crippen molar-refractivity contribution in [3.8, 4) is 5.88 Å². The highest BCUT2D eigenvalue weighted by Crippen LogP contribution is 2.29. The second-order valence-corrected chi connectivity index (χ2v) is 5.56. The van der Waals surface area contributed by atoms with Crippen molar-refractivity contribution in [1.29, 1.82) is 0 Å². The topological polar surface area (TPSA) is 56.3 Å². The van der Waals surface area contributed by atoms with E-state index >= 15 is 0 Å². The number of pyridine rings is 1. The molecule has 0 amide bonds. The van der Waals surface area contributed by atoms with Crippen LogP contribution >= 0.6 is 11.6 Å². The molecule has 0 spiro atoms. The summed E-state index contributed by atoms with van der Waals surface area (Å²) in [5.41, 5.74) is -5.58. The lowest BCUT2D eigenvalue weighted by molar-refractivity contribution is -0.0501. The highest BCUT2D eigenvalue weighted by molar-refractivity contribution is 7.87. The maximum absolute atomic E-state index is 13.1. The maximum Gasteiger partial charge on any atom is 0.534 e. The summed E-state index contributed by atoms with van der Waals surface area (Å²) >= 11 is 5.70. The molecule has 0 unspecified atom stereocenters. The average molecular weight is 330 g/mol. The van der Waals surface area contributed by atoms with Gasteiger partial charge in [-0.2, -0.15) is 21.6 Å². The minimum absolute atomic E-state index is 0.0160. The van der Waals surface area contributed by atoms with Gasteiger partial charge in [-0.25, -0.2) is 9.37 Å². The van der Waals surface area contributed by atoms with Gasteiger partial charge in [0, 0.05) is 17.6 Å². The van der Waals surface area contributed by atoms with Crippen molar-refractivity contribution >= 4 is 32.5 Å². The summed E-state index contributed by atoms with van der Waals surface area (Å²) in [6.45, 7) is 0. The Morgan fingerprint density at radius 3 is 2.45 bits per heavy atom. The van der Waals surface area contributed by atoms with Gasteiger partial charge in [0.2, 0.25) is 5.88 Å². The second kappa shape index (κ2) is 4.74. The molecular formula is C10H4ClF4NO3S. The first-order valence-corrected chi connectivity index (χ1v) is 6.64.